The van der Waals surface area contributed by atoms with Gasteiger partial charge in [0.25, 0.3) is 5.79 Å². The third kappa shape index (κ3) is 8.11. The molecule has 0 bridgehead atoms. The minimum atomic E-state index is -1.92. The molecule has 9 heteroatoms. The number of aliphatic carboxylic acids is 2. The monoisotopic (exact) mass is 436 g/mol. The summed E-state index contributed by atoms with van der Waals surface area (Å²) in [6.07, 6.45) is 2.57. The first-order valence-electron chi connectivity index (χ1n) is 10.9. The van der Waals surface area contributed by atoms with Gasteiger partial charge in [-0.25, -0.2) is 0 Å². The number of hydrogen-bond acceptors (Lipinski definition) is 7. The van der Waals surface area contributed by atoms with E-state index in [4.69, 9.17) is 28.8 Å². The van der Waals surface area contributed by atoms with Gasteiger partial charge in [-0.3, -0.25) is 9.59 Å². The van der Waals surface area contributed by atoms with Crippen LogP contribution in [0.1, 0.15) is 73.1 Å². The second kappa shape index (κ2) is 15.5. The van der Waals surface area contributed by atoms with Gasteiger partial charge < -0.3 is 33.9 Å². The van der Waals surface area contributed by atoms with Gasteiger partial charge in [0.2, 0.25) is 0 Å². The Hall–Kier alpha value is -1.26. The van der Waals surface area contributed by atoms with E-state index in [1.807, 2.05) is 0 Å². The van der Waals surface area contributed by atoms with Gasteiger partial charge in [-0.1, -0.05) is 19.8 Å². The van der Waals surface area contributed by atoms with Crippen molar-refractivity contribution in [3.8, 4) is 0 Å². The second-order valence-electron chi connectivity index (χ2n) is 6.69. The Labute approximate surface area is 180 Å². The minimum Gasteiger partial charge on any atom is -0.481 e. The molecule has 178 valence electrons. The summed E-state index contributed by atoms with van der Waals surface area (Å²) in [6, 6.07) is 0. The lowest BCUT2D eigenvalue weighted by Gasteiger charge is -2.49. The molecule has 0 spiro atoms. The number of ether oxygens (including phenoxy) is 5. The van der Waals surface area contributed by atoms with Gasteiger partial charge in [-0.15, -0.1) is 0 Å². The maximum absolute atomic E-state index is 12.3. The normalized spacial score (nSPS) is 13.4. The van der Waals surface area contributed by atoms with Gasteiger partial charge in [-0.05, 0) is 47.0 Å². The molecule has 0 saturated heterocycles. The Bertz CT molecular complexity index is 469. The number of hydrogen-bond donors (Lipinski definition) is 2. The number of unbranched alkanes of at least 4 members (excludes halogenated alkanes) is 2. The van der Waals surface area contributed by atoms with Crippen molar-refractivity contribution in [2.45, 2.75) is 84.9 Å². The van der Waals surface area contributed by atoms with Crippen molar-refractivity contribution >= 4 is 11.9 Å². The molecular weight excluding hydrogens is 396 g/mol. The molecule has 9 nitrogen and oxygen atoms in total. The first-order valence-corrected chi connectivity index (χ1v) is 10.9. The zero-order chi connectivity index (χ0) is 23.0. The molecular formula is C21H40O9. The molecule has 0 amide bonds. The largest absolute Gasteiger partial charge is 0.481 e. The van der Waals surface area contributed by atoms with Crippen molar-refractivity contribution in [3.63, 3.8) is 0 Å². The Morgan fingerprint density at radius 1 is 0.767 bits per heavy atom. The molecule has 1 unspecified atom stereocenters. The van der Waals surface area contributed by atoms with Crippen LogP contribution in [0.5, 0.6) is 0 Å². The van der Waals surface area contributed by atoms with Crippen molar-refractivity contribution in [1.29, 1.82) is 0 Å². The molecule has 0 heterocycles. The number of rotatable bonds is 20. The third-order valence-corrected chi connectivity index (χ3v) is 4.49. The summed E-state index contributed by atoms with van der Waals surface area (Å²) in [4.78, 5) is 23.3. The lowest BCUT2D eigenvalue weighted by atomic mass is 9.89. The molecule has 0 aromatic rings. The van der Waals surface area contributed by atoms with Gasteiger partial charge in [0.1, 0.15) is 5.92 Å². The predicted molar refractivity (Wildman–Crippen MR) is 110 cm³/mol. The van der Waals surface area contributed by atoms with Crippen LogP contribution in [-0.4, -0.2) is 66.9 Å². The van der Waals surface area contributed by atoms with Crippen molar-refractivity contribution in [3.05, 3.63) is 0 Å². The molecule has 0 aliphatic heterocycles. The van der Waals surface area contributed by atoms with Crippen LogP contribution in [0.15, 0.2) is 0 Å². The fourth-order valence-electron chi connectivity index (χ4n) is 3.36. The van der Waals surface area contributed by atoms with E-state index in [-0.39, 0.29) is 52.3 Å². The standard InChI is InChI=1S/C21H40O9/c1-6-11-12-16-30-21(28-9-4,29-10-5)20(26-7-2,27-8-3)17(19(24)25)14-13-15-18(22)23/h17H,6-16H2,1-5H3,(H,22,23)(H,24,25). The van der Waals surface area contributed by atoms with E-state index in [1.54, 1.807) is 27.7 Å². The Kier molecular flexibility index (Phi) is 14.9. The van der Waals surface area contributed by atoms with Gasteiger partial charge in [0.15, 0.2) is 0 Å². The van der Waals surface area contributed by atoms with Crippen LogP contribution in [0.4, 0.5) is 0 Å². The van der Waals surface area contributed by atoms with E-state index in [0.717, 1.165) is 19.3 Å². The highest BCUT2D eigenvalue weighted by molar-refractivity contribution is 5.72. The average molecular weight is 437 g/mol. The zero-order valence-corrected chi connectivity index (χ0v) is 19.1. The summed E-state index contributed by atoms with van der Waals surface area (Å²) < 4.78 is 29.8. The minimum absolute atomic E-state index is 0.0121. The molecule has 1 atom stereocenters. The van der Waals surface area contributed by atoms with Crippen LogP contribution in [0.25, 0.3) is 0 Å². The summed E-state index contributed by atoms with van der Waals surface area (Å²) in [7, 11) is 0. The lowest BCUT2D eigenvalue weighted by Crippen LogP contribution is -2.67. The Morgan fingerprint density at radius 2 is 1.30 bits per heavy atom. The predicted octanol–water partition coefficient (Wildman–Crippen LogP) is 3.65. The van der Waals surface area contributed by atoms with Crippen molar-refractivity contribution in [2.75, 3.05) is 33.0 Å². The zero-order valence-electron chi connectivity index (χ0n) is 19.1. The molecule has 30 heavy (non-hydrogen) atoms. The van der Waals surface area contributed by atoms with Crippen LogP contribution in [0.3, 0.4) is 0 Å². The maximum Gasteiger partial charge on any atom is 0.341 e. The van der Waals surface area contributed by atoms with Gasteiger partial charge in [-0.2, -0.15) is 0 Å². The Morgan fingerprint density at radius 3 is 1.70 bits per heavy atom. The topological polar surface area (TPSA) is 121 Å². The van der Waals surface area contributed by atoms with E-state index in [0.29, 0.717) is 0 Å². The highest BCUT2D eigenvalue weighted by Crippen LogP contribution is 2.43. The highest BCUT2D eigenvalue weighted by atomic mass is 16.9. The van der Waals surface area contributed by atoms with E-state index >= 15 is 0 Å². The molecule has 0 rings (SSSR count). The Balaban J connectivity index is 6.33. The van der Waals surface area contributed by atoms with Crippen molar-refractivity contribution < 1.29 is 43.5 Å². The molecule has 0 radical (unpaired) electrons. The summed E-state index contributed by atoms with van der Waals surface area (Å²) in [5.41, 5.74) is 0. The molecule has 0 aliphatic rings. The fourth-order valence-corrected chi connectivity index (χ4v) is 3.36. The molecule has 0 aromatic heterocycles. The van der Waals surface area contributed by atoms with Crippen LogP contribution in [-0.2, 0) is 33.3 Å². The number of carboxylic acids is 2. The maximum atomic E-state index is 12.3. The van der Waals surface area contributed by atoms with E-state index in [9.17, 15) is 14.7 Å². The van der Waals surface area contributed by atoms with E-state index in [2.05, 4.69) is 6.92 Å². The first-order chi connectivity index (χ1) is 14.3. The quantitative estimate of drug-likeness (QED) is 0.218. The summed E-state index contributed by atoms with van der Waals surface area (Å²) in [6.45, 7) is 9.79. The SMILES string of the molecule is CCCCCOC(OCC)(OCC)C(OCC)(OCC)C(CCCC(=O)O)C(=O)O. The first kappa shape index (κ1) is 28.7. The third-order valence-electron chi connectivity index (χ3n) is 4.49. The number of carboxylic acid groups (broad SMARTS) is 2. The van der Waals surface area contributed by atoms with Crippen LogP contribution < -0.4 is 0 Å². The molecule has 0 aliphatic carbocycles. The second-order valence-corrected chi connectivity index (χ2v) is 6.69. The molecule has 0 aromatic carbocycles. The van der Waals surface area contributed by atoms with Crippen LogP contribution in [0.2, 0.25) is 0 Å². The summed E-state index contributed by atoms with van der Waals surface area (Å²) in [5.74, 6) is -7.32. The van der Waals surface area contributed by atoms with Crippen molar-refractivity contribution in [1.82, 2.24) is 0 Å². The van der Waals surface area contributed by atoms with E-state index < -0.39 is 29.6 Å². The molecule has 0 saturated carbocycles. The highest BCUT2D eigenvalue weighted by Gasteiger charge is 2.64. The molecule has 0 fully saturated rings. The summed E-state index contributed by atoms with van der Waals surface area (Å²) in [5, 5.41) is 19.0. The average Bonchev–Trinajstić information content (AvgIpc) is 2.68. The van der Waals surface area contributed by atoms with Gasteiger partial charge >= 0.3 is 17.9 Å². The van der Waals surface area contributed by atoms with Crippen molar-refractivity contribution in [2.24, 2.45) is 5.92 Å². The summed E-state index contributed by atoms with van der Waals surface area (Å²) >= 11 is 0. The van der Waals surface area contributed by atoms with E-state index in [1.165, 1.54) is 0 Å². The van der Waals surface area contributed by atoms with Crippen LogP contribution >= 0.6 is 0 Å². The number of carbonyl (C=O) groups is 2. The fraction of sp³-hybridized carbons (Fsp3) is 0.905. The smallest absolute Gasteiger partial charge is 0.341 e. The van der Waals surface area contributed by atoms with Crippen LogP contribution in [0, 0.1) is 5.92 Å². The van der Waals surface area contributed by atoms with Gasteiger partial charge in [0, 0.05) is 32.8 Å². The lowest BCUT2D eigenvalue weighted by molar-refractivity contribution is -0.505. The molecule has 2 N–H and O–H groups in total. The van der Waals surface area contributed by atoms with Gasteiger partial charge in [0.05, 0.1) is 6.61 Å².